The van der Waals surface area contributed by atoms with Crippen molar-refractivity contribution in [3.8, 4) is 5.75 Å². The molecule has 5 heteroatoms. The van der Waals surface area contributed by atoms with Crippen molar-refractivity contribution in [3.63, 3.8) is 0 Å². The highest BCUT2D eigenvalue weighted by Crippen LogP contribution is 2.21. The van der Waals surface area contributed by atoms with Crippen LogP contribution in [0.25, 0.3) is 0 Å². The van der Waals surface area contributed by atoms with Gasteiger partial charge in [-0.25, -0.2) is 5.43 Å². The molecule has 5 nitrogen and oxygen atoms in total. The number of phenolic OH excluding ortho intramolecular Hbond substituents is 1. The fourth-order valence-corrected chi connectivity index (χ4v) is 2.26. The maximum atomic E-state index is 12.1. The van der Waals surface area contributed by atoms with Gasteiger partial charge in [-0.1, -0.05) is 35.9 Å². The minimum atomic E-state index is -0.444. The van der Waals surface area contributed by atoms with Gasteiger partial charge >= 0.3 is 0 Å². The molecule has 0 heterocycles. The van der Waals surface area contributed by atoms with Gasteiger partial charge in [0.25, 0.3) is 5.91 Å². The van der Waals surface area contributed by atoms with E-state index < -0.39 is 6.04 Å². The molecule has 1 amide bonds. The van der Waals surface area contributed by atoms with Gasteiger partial charge in [-0.2, -0.15) is 5.10 Å². The molecule has 0 unspecified atom stereocenters. The highest BCUT2D eigenvalue weighted by molar-refractivity contribution is 5.88. The van der Waals surface area contributed by atoms with Crippen molar-refractivity contribution in [1.29, 1.82) is 0 Å². The highest BCUT2D eigenvalue weighted by Gasteiger charge is 2.11. The van der Waals surface area contributed by atoms with Crippen LogP contribution in [0.3, 0.4) is 0 Å². The summed E-state index contributed by atoms with van der Waals surface area (Å²) in [6.07, 6.45) is 3.71. The molecular formula is C20H23N3O2. The summed E-state index contributed by atoms with van der Waals surface area (Å²) in [5.74, 6) is -0.121. The van der Waals surface area contributed by atoms with Crippen molar-refractivity contribution >= 4 is 17.8 Å². The average Bonchev–Trinajstić information content (AvgIpc) is 2.60. The number of aryl methyl sites for hydroxylation is 1. The summed E-state index contributed by atoms with van der Waals surface area (Å²) >= 11 is 0. The van der Waals surface area contributed by atoms with Crippen molar-refractivity contribution in [2.24, 2.45) is 5.10 Å². The second kappa shape index (κ2) is 8.68. The fourth-order valence-electron chi connectivity index (χ4n) is 2.26. The normalized spacial score (nSPS) is 11.9. The van der Waals surface area contributed by atoms with Crippen LogP contribution in [0, 0.1) is 6.92 Å². The second-order valence-electron chi connectivity index (χ2n) is 5.81. The van der Waals surface area contributed by atoms with Gasteiger partial charge in [-0.05, 0) is 44.0 Å². The molecule has 2 aromatic carbocycles. The number of para-hydroxylation sites is 1. The van der Waals surface area contributed by atoms with E-state index in [9.17, 15) is 9.90 Å². The number of allylic oxidation sites excluding steroid dienone is 1. The monoisotopic (exact) mass is 337 g/mol. The van der Waals surface area contributed by atoms with Crippen molar-refractivity contribution in [3.05, 3.63) is 71.8 Å². The number of hydrogen-bond acceptors (Lipinski definition) is 4. The largest absolute Gasteiger partial charge is 0.507 e. The fraction of sp³-hybridized carbons (Fsp3) is 0.200. The number of hydrogen-bond donors (Lipinski definition) is 3. The minimum absolute atomic E-state index is 0.145. The molecule has 0 aromatic heterocycles. The Morgan fingerprint density at radius 1 is 1.28 bits per heavy atom. The Balaban J connectivity index is 1.94. The van der Waals surface area contributed by atoms with E-state index in [1.807, 2.05) is 43.3 Å². The first kappa shape index (κ1) is 18.3. The Hall–Kier alpha value is -3.08. The Morgan fingerprint density at radius 3 is 2.68 bits per heavy atom. The number of nitrogens with zero attached hydrogens (tertiary/aromatic N) is 1. The predicted molar refractivity (Wildman–Crippen MR) is 102 cm³/mol. The number of aromatic hydroxyl groups is 1. The lowest BCUT2D eigenvalue weighted by Gasteiger charge is -2.13. The van der Waals surface area contributed by atoms with Crippen LogP contribution in [0.1, 0.15) is 23.6 Å². The molecule has 25 heavy (non-hydrogen) atoms. The molecule has 0 aliphatic carbocycles. The van der Waals surface area contributed by atoms with Crippen molar-refractivity contribution in [2.45, 2.75) is 26.3 Å². The van der Waals surface area contributed by atoms with E-state index in [0.717, 1.165) is 16.8 Å². The molecule has 0 aliphatic heterocycles. The first-order valence-electron chi connectivity index (χ1n) is 8.09. The quantitative estimate of drug-likeness (QED) is 0.412. The molecule has 130 valence electrons. The number of phenols is 1. The summed E-state index contributed by atoms with van der Waals surface area (Å²) < 4.78 is 0. The molecule has 0 saturated heterocycles. The number of anilines is 1. The van der Waals surface area contributed by atoms with Crippen molar-refractivity contribution in [2.75, 3.05) is 5.32 Å². The van der Waals surface area contributed by atoms with E-state index in [0.29, 0.717) is 12.0 Å². The lowest BCUT2D eigenvalue weighted by molar-refractivity contribution is -0.121. The summed E-state index contributed by atoms with van der Waals surface area (Å²) in [4.78, 5) is 12.1. The maximum absolute atomic E-state index is 12.1. The molecule has 2 aromatic rings. The van der Waals surface area contributed by atoms with Gasteiger partial charge in [-0.15, -0.1) is 6.58 Å². The van der Waals surface area contributed by atoms with Gasteiger partial charge in [0.15, 0.2) is 0 Å². The van der Waals surface area contributed by atoms with E-state index in [-0.39, 0.29) is 11.7 Å². The Kier molecular flexibility index (Phi) is 6.34. The predicted octanol–water partition coefficient (Wildman–Crippen LogP) is 3.38. The van der Waals surface area contributed by atoms with Crippen molar-refractivity contribution < 1.29 is 9.90 Å². The number of benzene rings is 2. The molecule has 2 rings (SSSR count). The van der Waals surface area contributed by atoms with Gasteiger partial charge < -0.3 is 10.4 Å². The molecule has 0 radical (unpaired) electrons. The van der Waals surface area contributed by atoms with E-state index in [1.165, 1.54) is 6.21 Å². The van der Waals surface area contributed by atoms with Gasteiger partial charge in [-0.3, -0.25) is 4.79 Å². The SMILES string of the molecule is C=CCc1cccc(/C=N\NC(=O)[C@@H](C)Nc2ccc(C)cc2)c1O. The number of nitrogens with one attached hydrogen (secondary N) is 2. The maximum Gasteiger partial charge on any atom is 0.262 e. The van der Waals surface area contributed by atoms with E-state index >= 15 is 0 Å². The van der Waals surface area contributed by atoms with Gasteiger partial charge in [0, 0.05) is 11.3 Å². The summed E-state index contributed by atoms with van der Waals surface area (Å²) in [6, 6.07) is 12.7. The summed E-state index contributed by atoms with van der Waals surface area (Å²) in [5, 5.41) is 17.2. The van der Waals surface area contributed by atoms with Crippen LogP contribution in [-0.2, 0) is 11.2 Å². The van der Waals surface area contributed by atoms with Gasteiger partial charge in [0.05, 0.1) is 6.21 Å². The van der Waals surface area contributed by atoms with E-state index in [4.69, 9.17) is 0 Å². The number of carbonyl (C=O) groups is 1. The molecule has 0 bridgehead atoms. The van der Waals surface area contributed by atoms with Crippen LogP contribution < -0.4 is 10.7 Å². The Morgan fingerprint density at radius 2 is 2.00 bits per heavy atom. The smallest absolute Gasteiger partial charge is 0.262 e. The molecule has 0 spiro atoms. The van der Waals surface area contributed by atoms with Crippen LogP contribution in [-0.4, -0.2) is 23.3 Å². The van der Waals surface area contributed by atoms with Crippen LogP contribution in [0.4, 0.5) is 5.69 Å². The third-order valence-electron chi connectivity index (χ3n) is 3.72. The number of hydrazone groups is 1. The van der Waals surface area contributed by atoms with Crippen LogP contribution in [0.5, 0.6) is 5.75 Å². The first-order chi connectivity index (χ1) is 12.0. The molecule has 1 atom stereocenters. The van der Waals surface area contributed by atoms with E-state index in [2.05, 4.69) is 22.4 Å². The highest BCUT2D eigenvalue weighted by atomic mass is 16.3. The topological polar surface area (TPSA) is 73.7 Å². The van der Waals surface area contributed by atoms with Crippen LogP contribution in [0.2, 0.25) is 0 Å². The molecule has 0 fully saturated rings. The third kappa shape index (κ3) is 5.21. The van der Waals surface area contributed by atoms with Crippen LogP contribution >= 0.6 is 0 Å². The number of rotatable bonds is 7. The third-order valence-corrected chi connectivity index (χ3v) is 3.72. The van der Waals surface area contributed by atoms with Crippen LogP contribution in [0.15, 0.2) is 60.2 Å². The minimum Gasteiger partial charge on any atom is -0.507 e. The summed E-state index contributed by atoms with van der Waals surface area (Å²) in [7, 11) is 0. The lowest BCUT2D eigenvalue weighted by atomic mass is 10.1. The zero-order chi connectivity index (χ0) is 18.2. The number of carbonyl (C=O) groups excluding carboxylic acids is 1. The lowest BCUT2D eigenvalue weighted by Crippen LogP contribution is -2.34. The summed E-state index contributed by atoms with van der Waals surface area (Å²) in [5.41, 5.74) is 5.81. The second-order valence-corrected chi connectivity index (χ2v) is 5.81. The summed E-state index contributed by atoms with van der Waals surface area (Å²) in [6.45, 7) is 7.43. The molecule has 0 saturated carbocycles. The van der Waals surface area contributed by atoms with Crippen molar-refractivity contribution in [1.82, 2.24) is 5.43 Å². The molecular weight excluding hydrogens is 314 g/mol. The van der Waals surface area contributed by atoms with Gasteiger partial charge in [0.2, 0.25) is 0 Å². The Bertz CT molecular complexity index is 767. The number of amides is 1. The standard InChI is InChI=1S/C20H23N3O2/c1-4-6-16-7-5-8-17(19(16)24)13-21-23-20(25)15(3)22-18-11-9-14(2)10-12-18/h4-5,7-13,15,22,24H,1,6H2,2-3H3,(H,23,25)/b21-13-/t15-/m1/s1. The average molecular weight is 337 g/mol. The molecule has 0 aliphatic rings. The zero-order valence-corrected chi connectivity index (χ0v) is 14.5. The zero-order valence-electron chi connectivity index (χ0n) is 14.5. The van der Waals surface area contributed by atoms with Gasteiger partial charge in [0.1, 0.15) is 11.8 Å². The Labute approximate surface area is 148 Å². The first-order valence-corrected chi connectivity index (χ1v) is 8.09. The van der Waals surface area contributed by atoms with E-state index in [1.54, 1.807) is 19.1 Å². The molecule has 3 N–H and O–H groups in total.